The molecule has 7 heteroatoms. The lowest BCUT2D eigenvalue weighted by Crippen LogP contribution is -2.45. The predicted molar refractivity (Wildman–Crippen MR) is 113 cm³/mol. The molecule has 0 N–H and O–H groups in total. The van der Waals surface area contributed by atoms with Gasteiger partial charge in [-0.25, -0.2) is 4.39 Å². The van der Waals surface area contributed by atoms with Gasteiger partial charge in [0.15, 0.2) is 0 Å². The van der Waals surface area contributed by atoms with Crippen LogP contribution in [-0.4, -0.2) is 52.9 Å². The molecular weight excluding hydrogens is 389 g/mol. The topological polar surface area (TPSA) is 37.2 Å². The average Bonchev–Trinajstić information content (AvgIpc) is 3.07. The molecule has 0 radical (unpaired) electrons. The number of hydrogen-bond donors (Lipinski definition) is 0. The summed E-state index contributed by atoms with van der Waals surface area (Å²) in [4.78, 5) is 4.57. The third-order valence-corrected chi connectivity index (χ3v) is 5.88. The largest absolute Gasteiger partial charge is 0.338 e. The van der Waals surface area contributed by atoms with Crippen LogP contribution < -0.4 is 4.90 Å². The first kappa shape index (κ1) is 18.3. The Kier molecular flexibility index (Phi) is 4.60. The average molecular weight is 410 g/mol. The van der Waals surface area contributed by atoms with Crippen molar-refractivity contribution in [3.63, 3.8) is 0 Å². The van der Waals surface area contributed by atoms with Crippen LogP contribution in [-0.2, 0) is 6.42 Å². The van der Waals surface area contributed by atoms with E-state index in [1.807, 2.05) is 30.3 Å². The van der Waals surface area contributed by atoms with Gasteiger partial charge >= 0.3 is 0 Å². The zero-order valence-corrected chi connectivity index (χ0v) is 16.9. The van der Waals surface area contributed by atoms with Crippen molar-refractivity contribution in [2.45, 2.75) is 6.42 Å². The molecule has 29 heavy (non-hydrogen) atoms. The van der Waals surface area contributed by atoms with Crippen molar-refractivity contribution in [2.75, 3.05) is 38.1 Å². The number of halogens is 2. The fraction of sp³-hybridized carbons (Fsp3) is 0.273. The number of hydrogen-bond acceptors (Lipinski definition) is 4. The van der Waals surface area contributed by atoms with Crippen molar-refractivity contribution in [3.8, 4) is 5.69 Å². The summed E-state index contributed by atoms with van der Waals surface area (Å²) in [5.41, 5.74) is 3.21. The predicted octanol–water partition coefficient (Wildman–Crippen LogP) is 3.80. The van der Waals surface area contributed by atoms with Gasteiger partial charge in [0.2, 0.25) is 5.95 Å². The molecule has 0 unspecified atom stereocenters. The number of aromatic nitrogens is 3. The highest BCUT2D eigenvalue weighted by Gasteiger charge is 2.27. The molecule has 1 saturated heterocycles. The summed E-state index contributed by atoms with van der Waals surface area (Å²) in [6.45, 7) is 3.75. The molecule has 3 aromatic rings. The molecule has 2 aliphatic rings. The monoisotopic (exact) mass is 409 g/mol. The molecule has 0 aliphatic carbocycles. The van der Waals surface area contributed by atoms with E-state index in [2.05, 4.69) is 31.6 Å². The lowest BCUT2D eigenvalue weighted by Gasteiger charge is -2.33. The molecule has 1 aromatic heterocycles. The van der Waals surface area contributed by atoms with Crippen molar-refractivity contribution >= 4 is 23.1 Å². The van der Waals surface area contributed by atoms with E-state index >= 15 is 0 Å². The van der Waals surface area contributed by atoms with Crippen LogP contribution in [0.15, 0.2) is 48.5 Å². The van der Waals surface area contributed by atoms with Crippen LogP contribution >= 0.6 is 11.6 Å². The summed E-state index contributed by atoms with van der Waals surface area (Å²) in [5.74, 6) is 1.43. The van der Waals surface area contributed by atoms with Gasteiger partial charge in [-0.2, -0.15) is 0 Å². The molecule has 5 nitrogen and oxygen atoms in total. The molecule has 0 saturated carbocycles. The first-order valence-electron chi connectivity index (χ1n) is 9.75. The molecule has 5 rings (SSSR count). The van der Waals surface area contributed by atoms with Crippen molar-refractivity contribution in [3.05, 3.63) is 76.3 Å². The number of fused-ring (bicyclic) bond motifs is 3. The second-order valence-electron chi connectivity index (χ2n) is 7.51. The minimum Gasteiger partial charge on any atom is -0.338 e. The molecule has 0 spiro atoms. The van der Waals surface area contributed by atoms with Crippen molar-refractivity contribution in [1.82, 2.24) is 19.7 Å². The van der Waals surface area contributed by atoms with Crippen LogP contribution in [0.5, 0.6) is 0 Å². The van der Waals surface area contributed by atoms with Gasteiger partial charge in [-0.3, -0.25) is 4.57 Å². The molecule has 3 heterocycles. The highest BCUT2D eigenvalue weighted by atomic mass is 35.5. The van der Waals surface area contributed by atoms with E-state index in [1.54, 1.807) is 12.1 Å². The maximum Gasteiger partial charge on any atom is 0.232 e. The second kappa shape index (κ2) is 7.28. The van der Waals surface area contributed by atoms with Gasteiger partial charge in [0.05, 0.1) is 5.69 Å². The number of anilines is 1. The van der Waals surface area contributed by atoms with Gasteiger partial charge in [-0.05, 0) is 36.9 Å². The molecule has 148 valence electrons. The number of allylic oxidation sites excluding steroid dienone is 1. The van der Waals surface area contributed by atoms with Gasteiger partial charge in [0.1, 0.15) is 11.6 Å². The summed E-state index contributed by atoms with van der Waals surface area (Å²) < 4.78 is 16.7. The van der Waals surface area contributed by atoms with Crippen molar-refractivity contribution in [1.29, 1.82) is 0 Å². The quantitative estimate of drug-likeness (QED) is 0.645. The summed E-state index contributed by atoms with van der Waals surface area (Å²) >= 11 is 6.35. The van der Waals surface area contributed by atoms with Crippen molar-refractivity contribution < 1.29 is 4.39 Å². The Labute approximate surface area is 174 Å². The fourth-order valence-electron chi connectivity index (χ4n) is 4.05. The molecule has 0 atom stereocenters. The zero-order chi connectivity index (χ0) is 20.0. The number of piperazine rings is 1. The zero-order valence-electron chi connectivity index (χ0n) is 16.1. The Bertz CT molecular complexity index is 1100. The number of likely N-dealkylation sites (N-methyl/N-ethyl adjacent to an activating group) is 1. The summed E-state index contributed by atoms with van der Waals surface area (Å²) in [5, 5.41) is 9.59. The smallest absolute Gasteiger partial charge is 0.232 e. The fourth-order valence-corrected chi connectivity index (χ4v) is 4.23. The van der Waals surface area contributed by atoms with Gasteiger partial charge in [0, 0.05) is 48.7 Å². The lowest BCUT2D eigenvalue weighted by atomic mass is 9.95. The SMILES string of the molecule is CN1CCN(c2nnc3n2-c2ccc(Cl)cc2C(c2ccccc2F)=CC3)CC1. The normalized spacial score (nSPS) is 16.8. The van der Waals surface area contributed by atoms with E-state index in [9.17, 15) is 4.39 Å². The molecule has 2 aliphatic heterocycles. The first-order valence-corrected chi connectivity index (χ1v) is 10.1. The third kappa shape index (κ3) is 3.22. The molecule has 0 amide bonds. The van der Waals surface area contributed by atoms with E-state index in [-0.39, 0.29) is 5.82 Å². The summed E-state index contributed by atoms with van der Waals surface area (Å²) in [7, 11) is 2.13. The summed E-state index contributed by atoms with van der Waals surface area (Å²) in [6, 6.07) is 12.6. The van der Waals surface area contributed by atoms with Crippen LogP contribution in [0.1, 0.15) is 17.0 Å². The van der Waals surface area contributed by atoms with Crippen molar-refractivity contribution in [2.24, 2.45) is 0 Å². The third-order valence-electron chi connectivity index (χ3n) is 5.64. The number of nitrogens with zero attached hydrogens (tertiary/aromatic N) is 5. The number of rotatable bonds is 2. The minimum absolute atomic E-state index is 0.248. The standard InChI is InChI=1S/C22H21ClFN5/c1-27-10-12-28(13-11-27)22-26-25-21-9-7-16(17-4-2-3-5-19(17)24)18-14-15(23)6-8-20(18)29(21)22/h2-8,14H,9-13H2,1H3. The minimum atomic E-state index is -0.248. The Morgan fingerprint density at radius 1 is 0.966 bits per heavy atom. The van der Waals surface area contributed by atoms with E-state index in [1.165, 1.54) is 6.07 Å². The van der Waals surface area contributed by atoms with Crippen LogP contribution in [0.3, 0.4) is 0 Å². The van der Waals surface area contributed by atoms with Gasteiger partial charge in [-0.1, -0.05) is 35.9 Å². The van der Waals surface area contributed by atoms with E-state index in [0.29, 0.717) is 17.0 Å². The maximum absolute atomic E-state index is 14.6. The van der Waals surface area contributed by atoms with Crippen LogP contribution in [0.4, 0.5) is 10.3 Å². The van der Waals surface area contributed by atoms with E-state index in [4.69, 9.17) is 11.6 Å². The molecule has 0 bridgehead atoms. The van der Waals surface area contributed by atoms with Gasteiger partial charge < -0.3 is 9.80 Å². The summed E-state index contributed by atoms with van der Waals surface area (Å²) in [6.07, 6.45) is 2.59. The molecule has 2 aromatic carbocycles. The first-order chi connectivity index (χ1) is 14.1. The van der Waals surface area contributed by atoms with E-state index < -0.39 is 0 Å². The van der Waals surface area contributed by atoms with Gasteiger partial charge in [0.25, 0.3) is 0 Å². The Balaban J connectivity index is 1.67. The lowest BCUT2D eigenvalue weighted by molar-refractivity contribution is 0.310. The van der Waals surface area contributed by atoms with Crippen LogP contribution in [0.25, 0.3) is 11.3 Å². The Hall–Kier alpha value is -2.70. The van der Waals surface area contributed by atoms with Crippen LogP contribution in [0, 0.1) is 5.82 Å². The molecular formula is C22H21ClFN5. The molecule has 1 fully saturated rings. The Morgan fingerprint density at radius 3 is 2.55 bits per heavy atom. The van der Waals surface area contributed by atoms with Gasteiger partial charge in [-0.15, -0.1) is 10.2 Å². The van der Waals surface area contributed by atoms with E-state index in [0.717, 1.165) is 54.8 Å². The Morgan fingerprint density at radius 2 is 1.76 bits per heavy atom. The second-order valence-corrected chi connectivity index (χ2v) is 7.94. The van der Waals surface area contributed by atoms with Crippen LogP contribution in [0.2, 0.25) is 5.02 Å². The maximum atomic E-state index is 14.6. The number of benzene rings is 2. The highest BCUT2D eigenvalue weighted by molar-refractivity contribution is 6.30. The highest BCUT2D eigenvalue weighted by Crippen LogP contribution is 2.37.